The molecule has 0 unspecified atom stereocenters. The molecule has 0 aromatic heterocycles. The summed E-state index contributed by atoms with van der Waals surface area (Å²) in [6.07, 6.45) is 0. The molecule has 0 heterocycles. The number of carbonyl (C=O) groups is 1. The van der Waals surface area contributed by atoms with Crippen molar-refractivity contribution in [1.29, 1.82) is 0 Å². The van der Waals surface area contributed by atoms with Gasteiger partial charge >= 0.3 is 0 Å². The maximum absolute atomic E-state index is 11.4. The Labute approximate surface area is 118 Å². The van der Waals surface area contributed by atoms with Crippen LogP contribution in [0.4, 0.5) is 0 Å². The van der Waals surface area contributed by atoms with Crippen molar-refractivity contribution in [2.75, 3.05) is 7.05 Å². The highest BCUT2D eigenvalue weighted by atomic mass is 16.3. The van der Waals surface area contributed by atoms with Gasteiger partial charge in [-0.3, -0.25) is 4.79 Å². The van der Waals surface area contributed by atoms with E-state index in [1.807, 2.05) is 36.4 Å². The summed E-state index contributed by atoms with van der Waals surface area (Å²) in [6.45, 7) is 1.40. The van der Waals surface area contributed by atoms with E-state index < -0.39 is 0 Å². The van der Waals surface area contributed by atoms with E-state index in [-0.39, 0.29) is 11.7 Å². The smallest absolute Gasteiger partial charge is 0.251 e. The van der Waals surface area contributed by atoms with E-state index in [1.54, 1.807) is 19.2 Å². The van der Waals surface area contributed by atoms with Crippen molar-refractivity contribution in [2.45, 2.75) is 13.1 Å². The minimum Gasteiger partial charge on any atom is -0.508 e. The van der Waals surface area contributed by atoms with Crippen LogP contribution in [0.25, 0.3) is 0 Å². The Bertz CT molecular complexity index is 579. The van der Waals surface area contributed by atoms with Gasteiger partial charge in [-0.2, -0.15) is 0 Å². The predicted octanol–water partition coefficient (Wildman–Crippen LogP) is 2.04. The molecule has 2 aromatic rings. The minimum atomic E-state index is -0.0794. The fourth-order valence-electron chi connectivity index (χ4n) is 1.94. The van der Waals surface area contributed by atoms with Gasteiger partial charge in [0, 0.05) is 25.7 Å². The lowest BCUT2D eigenvalue weighted by Crippen LogP contribution is -2.18. The molecular formula is C16H18N2O2. The van der Waals surface area contributed by atoms with Crippen LogP contribution in [0.2, 0.25) is 0 Å². The molecule has 0 bridgehead atoms. The number of amides is 1. The van der Waals surface area contributed by atoms with Crippen molar-refractivity contribution in [3.05, 3.63) is 65.2 Å². The molecule has 4 heteroatoms. The number of benzene rings is 2. The van der Waals surface area contributed by atoms with Gasteiger partial charge in [-0.05, 0) is 35.4 Å². The van der Waals surface area contributed by atoms with Crippen LogP contribution in [0.5, 0.6) is 5.75 Å². The molecule has 0 fully saturated rings. The first-order chi connectivity index (χ1) is 9.69. The summed E-state index contributed by atoms with van der Waals surface area (Å²) in [4.78, 5) is 11.4. The highest BCUT2D eigenvalue weighted by Crippen LogP contribution is 2.11. The van der Waals surface area contributed by atoms with Crippen LogP contribution in [-0.4, -0.2) is 18.1 Å². The van der Waals surface area contributed by atoms with Gasteiger partial charge in [0.2, 0.25) is 0 Å². The number of rotatable bonds is 5. The molecule has 0 saturated heterocycles. The van der Waals surface area contributed by atoms with Crippen LogP contribution in [0.3, 0.4) is 0 Å². The van der Waals surface area contributed by atoms with Crippen LogP contribution in [0.15, 0.2) is 48.5 Å². The Kier molecular flexibility index (Phi) is 4.74. The monoisotopic (exact) mass is 270 g/mol. The van der Waals surface area contributed by atoms with Crippen molar-refractivity contribution in [3.63, 3.8) is 0 Å². The Morgan fingerprint density at radius 3 is 2.40 bits per heavy atom. The first kappa shape index (κ1) is 14.1. The topological polar surface area (TPSA) is 61.4 Å². The standard InChI is InChI=1S/C16H18N2O2/c1-17-16(20)14-7-5-12(6-8-14)10-18-11-13-3-2-4-15(19)9-13/h2-9,18-19H,10-11H2,1H3,(H,17,20). The van der Waals surface area contributed by atoms with E-state index >= 15 is 0 Å². The number of phenolic OH excluding ortho intramolecular Hbond substituents is 1. The zero-order valence-electron chi connectivity index (χ0n) is 11.4. The van der Waals surface area contributed by atoms with Crippen molar-refractivity contribution in [3.8, 4) is 5.75 Å². The lowest BCUT2D eigenvalue weighted by Gasteiger charge is -2.06. The molecule has 0 aliphatic carbocycles. The average Bonchev–Trinajstić information content (AvgIpc) is 2.47. The third-order valence-electron chi connectivity index (χ3n) is 3.01. The molecule has 104 valence electrons. The molecule has 0 atom stereocenters. The predicted molar refractivity (Wildman–Crippen MR) is 78.5 cm³/mol. The molecule has 1 amide bonds. The first-order valence-corrected chi connectivity index (χ1v) is 6.48. The summed E-state index contributed by atoms with van der Waals surface area (Å²) in [5.41, 5.74) is 2.80. The largest absolute Gasteiger partial charge is 0.508 e. The number of nitrogens with one attached hydrogen (secondary N) is 2. The summed E-state index contributed by atoms with van der Waals surface area (Å²) in [6, 6.07) is 14.7. The highest BCUT2D eigenvalue weighted by Gasteiger charge is 2.02. The van der Waals surface area contributed by atoms with Crippen molar-refractivity contribution < 1.29 is 9.90 Å². The minimum absolute atomic E-state index is 0.0794. The second-order valence-corrected chi connectivity index (χ2v) is 4.55. The van der Waals surface area contributed by atoms with E-state index in [9.17, 15) is 9.90 Å². The Morgan fingerprint density at radius 2 is 1.75 bits per heavy atom. The zero-order chi connectivity index (χ0) is 14.4. The number of aromatic hydroxyl groups is 1. The fourth-order valence-corrected chi connectivity index (χ4v) is 1.94. The maximum Gasteiger partial charge on any atom is 0.251 e. The molecule has 4 nitrogen and oxygen atoms in total. The molecule has 20 heavy (non-hydrogen) atoms. The van der Waals surface area contributed by atoms with Crippen LogP contribution < -0.4 is 10.6 Å². The van der Waals surface area contributed by atoms with Crippen molar-refractivity contribution >= 4 is 5.91 Å². The summed E-state index contributed by atoms with van der Waals surface area (Å²) < 4.78 is 0. The third kappa shape index (κ3) is 3.83. The van der Waals surface area contributed by atoms with Crippen LogP contribution in [0.1, 0.15) is 21.5 Å². The molecule has 0 spiro atoms. The van der Waals surface area contributed by atoms with Gasteiger partial charge in [-0.15, -0.1) is 0 Å². The molecule has 3 N–H and O–H groups in total. The number of hydrogen-bond acceptors (Lipinski definition) is 3. The third-order valence-corrected chi connectivity index (χ3v) is 3.01. The van der Waals surface area contributed by atoms with Crippen molar-refractivity contribution in [1.82, 2.24) is 10.6 Å². The van der Waals surface area contributed by atoms with Gasteiger partial charge in [-0.25, -0.2) is 0 Å². The molecular weight excluding hydrogens is 252 g/mol. The van der Waals surface area contributed by atoms with Gasteiger partial charge < -0.3 is 15.7 Å². The molecule has 0 radical (unpaired) electrons. The SMILES string of the molecule is CNC(=O)c1ccc(CNCc2cccc(O)c2)cc1. The summed E-state index contributed by atoms with van der Waals surface area (Å²) >= 11 is 0. The normalized spacial score (nSPS) is 10.2. The lowest BCUT2D eigenvalue weighted by molar-refractivity contribution is 0.0963. The van der Waals surface area contributed by atoms with Gasteiger partial charge in [0.25, 0.3) is 5.91 Å². The van der Waals surface area contributed by atoms with E-state index in [2.05, 4.69) is 10.6 Å². The van der Waals surface area contributed by atoms with Crippen LogP contribution in [-0.2, 0) is 13.1 Å². The Balaban J connectivity index is 1.86. The lowest BCUT2D eigenvalue weighted by atomic mass is 10.1. The number of phenols is 1. The van der Waals surface area contributed by atoms with Crippen LogP contribution >= 0.6 is 0 Å². The van der Waals surface area contributed by atoms with E-state index in [4.69, 9.17) is 0 Å². The summed E-state index contributed by atoms with van der Waals surface area (Å²) in [7, 11) is 1.62. The van der Waals surface area contributed by atoms with Gasteiger partial charge in [0.15, 0.2) is 0 Å². The average molecular weight is 270 g/mol. The number of hydrogen-bond donors (Lipinski definition) is 3. The van der Waals surface area contributed by atoms with Gasteiger partial charge in [0.1, 0.15) is 5.75 Å². The maximum atomic E-state index is 11.4. The molecule has 0 aliphatic rings. The fraction of sp³-hybridized carbons (Fsp3) is 0.188. The second kappa shape index (κ2) is 6.73. The highest BCUT2D eigenvalue weighted by molar-refractivity contribution is 5.93. The van der Waals surface area contributed by atoms with E-state index in [1.165, 1.54) is 0 Å². The van der Waals surface area contributed by atoms with E-state index in [0.717, 1.165) is 11.1 Å². The quantitative estimate of drug-likeness (QED) is 0.779. The van der Waals surface area contributed by atoms with Crippen molar-refractivity contribution in [2.24, 2.45) is 0 Å². The Morgan fingerprint density at radius 1 is 1.05 bits per heavy atom. The number of carbonyl (C=O) groups excluding carboxylic acids is 1. The van der Waals surface area contributed by atoms with Gasteiger partial charge in [-0.1, -0.05) is 24.3 Å². The Hall–Kier alpha value is -2.33. The zero-order valence-corrected chi connectivity index (χ0v) is 11.4. The molecule has 2 rings (SSSR count). The summed E-state index contributed by atoms with van der Waals surface area (Å²) in [5, 5.41) is 15.3. The van der Waals surface area contributed by atoms with Gasteiger partial charge in [0.05, 0.1) is 0 Å². The van der Waals surface area contributed by atoms with Crippen LogP contribution in [0, 0.1) is 0 Å². The second-order valence-electron chi connectivity index (χ2n) is 4.55. The molecule has 0 saturated carbocycles. The first-order valence-electron chi connectivity index (χ1n) is 6.48. The molecule has 2 aromatic carbocycles. The summed E-state index contributed by atoms with van der Waals surface area (Å²) in [5.74, 6) is 0.198. The van der Waals surface area contributed by atoms with E-state index in [0.29, 0.717) is 18.7 Å². The molecule has 0 aliphatic heterocycles.